The number of aromatic carboxylic acids is 1. The molecule has 0 atom stereocenters. The van der Waals surface area contributed by atoms with E-state index >= 15 is 0 Å². The van der Waals surface area contributed by atoms with Crippen LogP contribution in [0.4, 0.5) is 0 Å². The zero-order chi connectivity index (χ0) is 13.1. The Morgan fingerprint density at radius 3 is 2.89 bits per heavy atom. The number of carboxylic acid groups (broad SMARTS) is 1. The maximum Gasteiger partial charge on any atom is 0.335 e. The number of benzene rings is 1. The monoisotopic (exact) mass is 310 g/mol. The van der Waals surface area contributed by atoms with Gasteiger partial charge in [-0.1, -0.05) is 22.0 Å². The molecule has 0 saturated heterocycles. The quantitative estimate of drug-likeness (QED) is 0.942. The van der Waals surface area contributed by atoms with E-state index in [4.69, 9.17) is 9.84 Å². The molecule has 1 heterocycles. The lowest BCUT2D eigenvalue weighted by Gasteiger charge is -2.06. The van der Waals surface area contributed by atoms with E-state index in [0.29, 0.717) is 16.8 Å². The van der Waals surface area contributed by atoms with Crippen LogP contribution in [0.15, 0.2) is 35.1 Å². The number of ether oxygens (including phenoxy) is 1. The highest BCUT2D eigenvalue weighted by Gasteiger charge is 2.07. The minimum atomic E-state index is -0.949. The molecule has 2 rings (SSSR count). The van der Waals surface area contributed by atoms with Crippen molar-refractivity contribution < 1.29 is 14.6 Å². The predicted octanol–water partition coefficient (Wildman–Crippen LogP) is 2.46. The van der Waals surface area contributed by atoms with Gasteiger partial charge in [-0.2, -0.15) is 5.10 Å². The average molecular weight is 311 g/mol. The van der Waals surface area contributed by atoms with Gasteiger partial charge in [0.2, 0.25) is 0 Å². The average Bonchev–Trinajstić information content (AvgIpc) is 2.73. The molecule has 2 aromatic rings. The molecule has 1 aromatic heterocycles. The van der Waals surface area contributed by atoms with Crippen LogP contribution in [0.5, 0.6) is 5.75 Å². The second kappa shape index (κ2) is 5.22. The number of aromatic nitrogens is 2. The highest BCUT2D eigenvalue weighted by atomic mass is 79.9. The fourth-order valence-electron chi connectivity index (χ4n) is 1.43. The Bertz CT molecular complexity index is 580. The second-order valence-corrected chi connectivity index (χ2v) is 4.60. The van der Waals surface area contributed by atoms with E-state index in [2.05, 4.69) is 21.0 Å². The zero-order valence-electron chi connectivity index (χ0n) is 9.63. The molecule has 0 unspecified atom stereocenters. The molecule has 0 saturated carbocycles. The van der Waals surface area contributed by atoms with Crippen molar-refractivity contribution in [1.82, 2.24) is 9.78 Å². The van der Waals surface area contributed by atoms with Crippen LogP contribution < -0.4 is 4.74 Å². The van der Waals surface area contributed by atoms with Gasteiger partial charge >= 0.3 is 5.97 Å². The van der Waals surface area contributed by atoms with Crippen molar-refractivity contribution in [3.05, 3.63) is 46.2 Å². The molecule has 0 bridgehead atoms. The fraction of sp³-hybridized carbons (Fsp3) is 0.167. The number of aryl methyl sites for hydroxylation is 1. The van der Waals surface area contributed by atoms with Gasteiger partial charge in [-0.25, -0.2) is 4.79 Å². The van der Waals surface area contributed by atoms with Gasteiger partial charge < -0.3 is 9.84 Å². The molecule has 1 aromatic carbocycles. The number of hydrogen-bond acceptors (Lipinski definition) is 3. The Labute approximate surface area is 112 Å². The number of halogens is 1. The van der Waals surface area contributed by atoms with Gasteiger partial charge in [0.1, 0.15) is 6.61 Å². The molecular formula is C12H11BrN2O3. The third-order valence-corrected chi connectivity index (χ3v) is 3.11. The molecule has 0 aliphatic carbocycles. The second-order valence-electron chi connectivity index (χ2n) is 3.75. The van der Waals surface area contributed by atoms with E-state index in [-0.39, 0.29) is 5.56 Å². The first-order valence-corrected chi connectivity index (χ1v) is 5.99. The van der Waals surface area contributed by atoms with Gasteiger partial charge in [-0.05, 0) is 12.1 Å². The summed E-state index contributed by atoms with van der Waals surface area (Å²) in [6.45, 7) is 0.353. The first-order chi connectivity index (χ1) is 8.56. The normalized spacial score (nSPS) is 10.3. The molecule has 0 radical (unpaired) electrons. The summed E-state index contributed by atoms with van der Waals surface area (Å²) >= 11 is 3.33. The van der Waals surface area contributed by atoms with Gasteiger partial charge in [0, 0.05) is 17.1 Å². The summed E-state index contributed by atoms with van der Waals surface area (Å²) in [4.78, 5) is 10.8. The van der Waals surface area contributed by atoms with Crippen LogP contribution in [0.3, 0.4) is 0 Å². The number of rotatable bonds is 4. The van der Waals surface area contributed by atoms with Crippen LogP contribution in [0.25, 0.3) is 0 Å². The highest BCUT2D eigenvalue weighted by Crippen LogP contribution is 2.20. The lowest BCUT2D eigenvalue weighted by molar-refractivity contribution is 0.0696. The van der Waals surface area contributed by atoms with Crippen molar-refractivity contribution in [3.63, 3.8) is 0 Å². The maximum atomic E-state index is 10.8. The van der Waals surface area contributed by atoms with E-state index in [0.717, 1.165) is 5.56 Å². The van der Waals surface area contributed by atoms with E-state index < -0.39 is 5.97 Å². The van der Waals surface area contributed by atoms with Gasteiger partial charge in [0.05, 0.1) is 18.0 Å². The van der Waals surface area contributed by atoms with Crippen molar-refractivity contribution >= 4 is 21.9 Å². The van der Waals surface area contributed by atoms with Gasteiger partial charge in [0.25, 0.3) is 0 Å². The molecule has 6 heteroatoms. The standard InChI is InChI=1S/C12H11BrN2O3/c1-15-6-10(5-14-15)18-7-9-3-2-8(12(16)17)4-11(9)13/h2-6H,7H2,1H3,(H,16,17). The lowest BCUT2D eigenvalue weighted by Crippen LogP contribution is -2.00. The Hall–Kier alpha value is -1.82. The zero-order valence-corrected chi connectivity index (χ0v) is 11.2. The number of carboxylic acids is 1. The molecule has 0 fully saturated rings. The third kappa shape index (κ3) is 2.89. The summed E-state index contributed by atoms with van der Waals surface area (Å²) in [6, 6.07) is 4.84. The lowest BCUT2D eigenvalue weighted by atomic mass is 10.1. The van der Waals surface area contributed by atoms with Crippen molar-refractivity contribution in [3.8, 4) is 5.75 Å². The molecule has 0 amide bonds. The number of carbonyl (C=O) groups is 1. The molecule has 0 spiro atoms. The molecule has 5 nitrogen and oxygen atoms in total. The van der Waals surface area contributed by atoms with Gasteiger partial charge in [0.15, 0.2) is 5.75 Å². The fourth-order valence-corrected chi connectivity index (χ4v) is 1.93. The van der Waals surface area contributed by atoms with Gasteiger partial charge in [-0.3, -0.25) is 4.68 Å². The van der Waals surface area contributed by atoms with Crippen molar-refractivity contribution in [2.75, 3.05) is 0 Å². The van der Waals surface area contributed by atoms with Crippen LogP contribution >= 0.6 is 15.9 Å². The Morgan fingerprint density at radius 2 is 2.33 bits per heavy atom. The summed E-state index contributed by atoms with van der Waals surface area (Å²) in [5, 5.41) is 12.8. The molecular weight excluding hydrogens is 300 g/mol. The topological polar surface area (TPSA) is 64.3 Å². The highest BCUT2D eigenvalue weighted by molar-refractivity contribution is 9.10. The van der Waals surface area contributed by atoms with E-state index in [1.807, 2.05) is 7.05 Å². The smallest absolute Gasteiger partial charge is 0.335 e. The first-order valence-electron chi connectivity index (χ1n) is 5.19. The predicted molar refractivity (Wildman–Crippen MR) is 68.6 cm³/mol. The van der Waals surface area contributed by atoms with Crippen LogP contribution in [-0.4, -0.2) is 20.9 Å². The molecule has 0 aliphatic heterocycles. The van der Waals surface area contributed by atoms with Crippen LogP contribution in [0.1, 0.15) is 15.9 Å². The minimum Gasteiger partial charge on any atom is -0.486 e. The summed E-state index contributed by atoms with van der Waals surface area (Å²) in [5.41, 5.74) is 1.12. The largest absolute Gasteiger partial charge is 0.486 e. The van der Waals surface area contributed by atoms with Crippen molar-refractivity contribution in [2.45, 2.75) is 6.61 Å². The summed E-state index contributed by atoms with van der Waals surface area (Å²) in [6.07, 6.45) is 3.39. The summed E-state index contributed by atoms with van der Waals surface area (Å²) in [7, 11) is 1.81. The summed E-state index contributed by atoms with van der Waals surface area (Å²) < 4.78 is 7.90. The number of nitrogens with zero attached hydrogens (tertiary/aromatic N) is 2. The van der Waals surface area contributed by atoms with E-state index in [9.17, 15) is 4.79 Å². The first kappa shape index (κ1) is 12.6. The molecule has 1 N–H and O–H groups in total. The summed E-state index contributed by atoms with van der Waals surface area (Å²) in [5.74, 6) is -0.276. The molecule has 18 heavy (non-hydrogen) atoms. The Balaban J connectivity index is 2.08. The Kier molecular flexibility index (Phi) is 3.66. The van der Waals surface area contributed by atoms with Crippen molar-refractivity contribution in [1.29, 1.82) is 0 Å². The minimum absolute atomic E-state index is 0.243. The van der Waals surface area contributed by atoms with Crippen LogP contribution in [-0.2, 0) is 13.7 Å². The molecule has 0 aliphatic rings. The SMILES string of the molecule is Cn1cc(OCc2ccc(C(=O)O)cc2Br)cn1. The van der Waals surface area contributed by atoms with E-state index in [1.54, 1.807) is 35.3 Å². The van der Waals surface area contributed by atoms with Crippen molar-refractivity contribution in [2.24, 2.45) is 7.05 Å². The Morgan fingerprint density at radius 1 is 1.56 bits per heavy atom. The molecule has 94 valence electrons. The maximum absolute atomic E-state index is 10.8. The number of hydrogen-bond donors (Lipinski definition) is 1. The van der Waals surface area contributed by atoms with Gasteiger partial charge in [-0.15, -0.1) is 0 Å². The van der Waals surface area contributed by atoms with E-state index in [1.165, 1.54) is 0 Å². The third-order valence-electron chi connectivity index (χ3n) is 2.38. The van der Waals surface area contributed by atoms with Crippen LogP contribution in [0, 0.1) is 0 Å². The van der Waals surface area contributed by atoms with Crippen LogP contribution in [0.2, 0.25) is 0 Å².